The van der Waals surface area contributed by atoms with Gasteiger partial charge in [-0.05, 0) is 12.0 Å². The van der Waals surface area contributed by atoms with Gasteiger partial charge in [0, 0.05) is 25.8 Å². The van der Waals surface area contributed by atoms with Crippen LogP contribution in [-0.2, 0) is 32.5 Å². The molecule has 2 N–H and O–H groups in total. The molecule has 136 valence electrons. The van der Waals surface area contributed by atoms with Gasteiger partial charge >= 0.3 is 5.97 Å². The molecule has 1 heterocycles. The highest BCUT2D eigenvalue weighted by molar-refractivity contribution is 7.89. The van der Waals surface area contributed by atoms with Gasteiger partial charge in [-0.2, -0.15) is 9.40 Å². The van der Waals surface area contributed by atoms with Crippen molar-refractivity contribution >= 4 is 16.0 Å². The predicted octanol–water partition coefficient (Wildman–Crippen LogP) is 0.248. The van der Waals surface area contributed by atoms with Crippen molar-refractivity contribution in [3.63, 3.8) is 0 Å². The van der Waals surface area contributed by atoms with Crippen LogP contribution in [0.5, 0.6) is 0 Å². The first kappa shape index (κ1) is 19.1. The third-order valence-corrected chi connectivity index (χ3v) is 5.49. The molecule has 0 fully saturated rings. The average molecular weight is 366 g/mol. The third-order valence-electron chi connectivity index (χ3n) is 3.64. The Morgan fingerprint density at radius 3 is 2.64 bits per heavy atom. The molecule has 8 nitrogen and oxygen atoms in total. The van der Waals surface area contributed by atoms with Gasteiger partial charge in [0.25, 0.3) is 0 Å². The second-order valence-electron chi connectivity index (χ2n) is 5.38. The van der Waals surface area contributed by atoms with Crippen LogP contribution in [0.3, 0.4) is 0 Å². The molecule has 0 spiro atoms. The van der Waals surface area contributed by atoms with Gasteiger partial charge in [0.2, 0.25) is 10.0 Å². The number of methoxy groups -OCH3 is 1. The molecule has 1 aromatic carbocycles. The van der Waals surface area contributed by atoms with E-state index in [2.05, 4.69) is 9.84 Å². The van der Waals surface area contributed by atoms with Crippen LogP contribution in [0.1, 0.15) is 5.56 Å². The van der Waals surface area contributed by atoms with Gasteiger partial charge in [0.15, 0.2) is 0 Å². The summed E-state index contributed by atoms with van der Waals surface area (Å²) < 4.78 is 32.7. The molecule has 0 saturated heterocycles. The van der Waals surface area contributed by atoms with Gasteiger partial charge in [-0.15, -0.1) is 0 Å². The molecule has 0 unspecified atom stereocenters. The third kappa shape index (κ3) is 5.12. The van der Waals surface area contributed by atoms with Crippen LogP contribution in [0.15, 0.2) is 47.6 Å². The Hall–Kier alpha value is -2.23. The number of benzene rings is 1. The van der Waals surface area contributed by atoms with Crippen molar-refractivity contribution in [3.05, 3.63) is 48.3 Å². The SMILES string of the molecule is COC(=O)Cn1cc(S(=O)(=O)N(CCN)CCc2ccccc2)cn1. The number of hydrogen-bond donors (Lipinski definition) is 1. The minimum absolute atomic E-state index is 0.0258. The van der Waals surface area contributed by atoms with Crippen LogP contribution in [0.4, 0.5) is 0 Å². The largest absolute Gasteiger partial charge is 0.468 e. The van der Waals surface area contributed by atoms with Crippen molar-refractivity contribution in [3.8, 4) is 0 Å². The molecule has 0 bridgehead atoms. The van der Waals surface area contributed by atoms with Gasteiger partial charge in [0.05, 0.1) is 13.3 Å². The molecule has 9 heteroatoms. The number of aromatic nitrogens is 2. The molecular formula is C16H22N4O4S. The number of carbonyl (C=O) groups excluding carboxylic acids is 1. The number of nitrogens with two attached hydrogens (primary N) is 1. The number of nitrogens with zero attached hydrogens (tertiary/aromatic N) is 3. The summed E-state index contributed by atoms with van der Waals surface area (Å²) in [4.78, 5) is 11.3. The lowest BCUT2D eigenvalue weighted by atomic mass is 10.1. The van der Waals surface area contributed by atoms with E-state index in [-0.39, 0.29) is 24.5 Å². The van der Waals surface area contributed by atoms with E-state index in [1.54, 1.807) is 0 Å². The fourth-order valence-corrected chi connectivity index (χ4v) is 3.72. The normalized spacial score (nSPS) is 11.6. The highest BCUT2D eigenvalue weighted by atomic mass is 32.2. The summed E-state index contributed by atoms with van der Waals surface area (Å²) in [6, 6.07) is 9.62. The Labute approximate surface area is 147 Å². The summed E-state index contributed by atoms with van der Waals surface area (Å²) in [7, 11) is -2.48. The van der Waals surface area contributed by atoms with Crippen molar-refractivity contribution in [1.29, 1.82) is 0 Å². The van der Waals surface area contributed by atoms with Gasteiger partial charge in [0.1, 0.15) is 11.4 Å². The van der Waals surface area contributed by atoms with Gasteiger partial charge in [-0.3, -0.25) is 9.48 Å². The molecule has 0 atom stereocenters. The van der Waals surface area contributed by atoms with Gasteiger partial charge in [-0.25, -0.2) is 8.42 Å². The monoisotopic (exact) mass is 366 g/mol. The van der Waals surface area contributed by atoms with E-state index >= 15 is 0 Å². The van der Waals surface area contributed by atoms with Crippen LogP contribution < -0.4 is 5.73 Å². The molecule has 0 aliphatic heterocycles. The van der Waals surface area contributed by atoms with Crippen LogP contribution in [0.25, 0.3) is 0 Å². The van der Waals surface area contributed by atoms with Crippen LogP contribution in [0, 0.1) is 0 Å². The van der Waals surface area contributed by atoms with E-state index in [1.807, 2.05) is 30.3 Å². The Morgan fingerprint density at radius 1 is 1.28 bits per heavy atom. The summed E-state index contributed by atoms with van der Waals surface area (Å²) in [6.07, 6.45) is 3.12. The van der Waals surface area contributed by atoms with E-state index in [9.17, 15) is 13.2 Å². The minimum Gasteiger partial charge on any atom is -0.468 e. The summed E-state index contributed by atoms with van der Waals surface area (Å²) >= 11 is 0. The molecule has 2 aromatic rings. The topological polar surface area (TPSA) is 108 Å². The average Bonchev–Trinajstić information content (AvgIpc) is 3.08. The Balaban J connectivity index is 2.13. The molecule has 0 aliphatic rings. The highest BCUT2D eigenvalue weighted by Crippen LogP contribution is 2.15. The van der Waals surface area contributed by atoms with E-state index < -0.39 is 16.0 Å². The first-order valence-corrected chi connectivity index (χ1v) is 9.25. The number of sulfonamides is 1. The van der Waals surface area contributed by atoms with E-state index in [0.717, 1.165) is 5.56 Å². The molecule has 0 aliphatic carbocycles. The number of hydrogen-bond acceptors (Lipinski definition) is 6. The van der Waals surface area contributed by atoms with Crippen molar-refractivity contribution in [2.24, 2.45) is 5.73 Å². The molecule has 0 saturated carbocycles. The number of esters is 1. The van der Waals surface area contributed by atoms with Crippen molar-refractivity contribution in [2.75, 3.05) is 26.7 Å². The van der Waals surface area contributed by atoms with Crippen molar-refractivity contribution in [2.45, 2.75) is 17.9 Å². The smallest absolute Gasteiger partial charge is 0.327 e. The summed E-state index contributed by atoms with van der Waals surface area (Å²) in [5.74, 6) is -0.505. The maximum atomic E-state index is 12.8. The van der Waals surface area contributed by atoms with E-state index in [1.165, 1.54) is 28.5 Å². The fourth-order valence-electron chi connectivity index (χ4n) is 2.30. The molecule has 0 radical (unpaired) electrons. The number of carbonyl (C=O) groups is 1. The Kier molecular flexibility index (Phi) is 6.68. The maximum absolute atomic E-state index is 12.8. The molecule has 25 heavy (non-hydrogen) atoms. The van der Waals surface area contributed by atoms with Gasteiger partial charge < -0.3 is 10.5 Å². The minimum atomic E-state index is -3.74. The lowest BCUT2D eigenvalue weighted by Gasteiger charge is -2.20. The second-order valence-corrected chi connectivity index (χ2v) is 7.32. The van der Waals surface area contributed by atoms with E-state index in [0.29, 0.717) is 13.0 Å². The fraction of sp³-hybridized carbons (Fsp3) is 0.375. The second kappa shape index (κ2) is 8.75. The number of ether oxygens (including phenoxy) is 1. The van der Waals surface area contributed by atoms with Crippen LogP contribution in [0.2, 0.25) is 0 Å². The lowest BCUT2D eigenvalue weighted by molar-refractivity contribution is -0.141. The molecule has 2 rings (SSSR count). The van der Waals surface area contributed by atoms with Crippen molar-refractivity contribution in [1.82, 2.24) is 14.1 Å². The summed E-state index contributed by atoms with van der Waals surface area (Å²) in [5.41, 5.74) is 6.62. The standard InChI is InChI=1S/C16H22N4O4S/c1-24-16(21)13-19-12-15(11-18-19)25(22,23)20(10-8-17)9-7-14-5-3-2-4-6-14/h2-6,11-12H,7-10,13,17H2,1H3. The van der Waals surface area contributed by atoms with Gasteiger partial charge in [-0.1, -0.05) is 30.3 Å². The molecule has 0 amide bonds. The first-order chi connectivity index (χ1) is 12.0. The Bertz CT molecular complexity index is 789. The molecular weight excluding hydrogens is 344 g/mol. The van der Waals surface area contributed by atoms with Crippen LogP contribution >= 0.6 is 0 Å². The zero-order valence-electron chi connectivity index (χ0n) is 14.0. The first-order valence-electron chi connectivity index (χ1n) is 7.80. The van der Waals surface area contributed by atoms with E-state index in [4.69, 9.17) is 5.73 Å². The predicted molar refractivity (Wildman–Crippen MR) is 92.2 cm³/mol. The summed E-state index contributed by atoms with van der Waals surface area (Å²) in [6.45, 7) is 0.584. The summed E-state index contributed by atoms with van der Waals surface area (Å²) in [5, 5.41) is 3.91. The Morgan fingerprint density at radius 2 is 2.00 bits per heavy atom. The highest BCUT2D eigenvalue weighted by Gasteiger charge is 2.25. The lowest BCUT2D eigenvalue weighted by Crippen LogP contribution is -2.36. The number of rotatable bonds is 9. The maximum Gasteiger partial charge on any atom is 0.327 e. The van der Waals surface area contributed by atoms with Crippen molar-refractivity contribution < 1.29 is 17.9 Å². The zero-order chi connectivity index (χ0) is 18.3. The van der Waals surface area contributed by atoms with Crippen LogP contribution in [-0.4, -0.2) is 55.2 Å². The zero-order valence-corrected chi connectivity index (χ0v) is 14.9. The molecule has 1 aromatic heterocycles. The quantitative estimate of drug-likeness (QED) is 0.638.